The van der Waals surface area contributed by atoms with Gasteiger partial charge >= 0.3 is 0 Å². The van der Waals surface area contributed by atoms with E-state index in [1.807, 2.05) is 0 Å². The van der Waals surface area contributed by atoms with Crippen LogP contribution in [-0.2, 0) is 4.79 Å². The van der Waals surface area contributed by atoms with Crippen molar-refractivity contribution in [3.63, 3.8) is 0 Å². The molecule has 0 saturated heterocycles. The fourth-order valence-corrected chi connectivity index (χ4v) is 1.38. The molecule has 3 N–H and O–H groups in total. The van der Waals surface area contributed by atoms with Crippen molar-refractivity contribution in [3.8, 4) is 11.5 Å². The predicted octanol–water partition coefficient (Wildman–Crippen LogP) is 0.224. The molecule has 100 valence electrons. The third-order valence-electron chi connectivity index (χ3n) is 2.26. The van der Waals surface area contributed by atoms with Crippen LogP contribution in [0, 0.1) is 0 Å². The zero-order valence-corrected chi connectivity index (χ0v) is 10.5. The average Bonchev–Trinajstić information content (AvgIpc) is 2.39. The molecule has 0 saturated carbocycles. The summed E-state index contributed by atoms with van der Waals surface area (Å²) in [7, 11) is 3.08. The van der Waals surface area contributed by atoms with E-state index in [1.165, 1.54) is 7.11 Å². The Labute approximate surface area is 106 Å². The van der Waals surface area contributed by atoms with Crippen molar-refractivity contribution in [3.05, 3.63) is 18.2 Å². The number of hydrogen-bond donors (Lipinski definition) is 3. The number of anilines is 1. The molecule has 0 radical (unpaired) electrons. The Morgan fingerprint density at radius 3 is 2.72 bits per heavy atom. The van der Waals surface area contributed by atoms with Gasteiger partial charge in [0.2, 0.25) is 5.91 Å². The summed E-state index contributed by atoms with van der Waals surface area (Å²) in [4.78, 5) is 11.6. The number of ether oxygens (including phenoxy) is 2. The van der Waals surface area contributed by atoms with Crippen molar-refractivity contribution in [2.45, 2.75) is 0 Å². The second-order valence-corrected chi connectivity index (χ2v) is 3.51. The normalized spacial score (nSPS) is 9.94. The number of methoxy groups -OCH3 is 2. The molecule has 0 aromatic heterocycles. The molecule has 1 aromatic carbocycles. The summed E-state index contributed by atoms with van der Waals surface area (Å²) >= 11 is 0. The van der Waals surface area contributed by atoms with Gasteiger partial charge in [-0.3, -0.25) is 4.79 Å². The van der Waals surface area contributed by atoms with Crippen LogP contribution in [0.3, 0.4) is 0 Å². The zero-order chi connectivity index (χ0) is 13.4. The van der Waals surface area contributed by atoms with E-state index < -0.39 is 0 Å². The number of rotatable bonds is 7. The van der Waals surface area contributed by atoms with Crippen molar-refractivity contribution in [2.75, 3.05) is 39.2 Å². The van der Waals surface area contributed by atoms with Crippen LogP contribution in [0.4, 0.5) is 5.69 Å². The van der Waals surface area contributed by atoms with Crippen molar-refractivity contribution >= 4 is 11.6 Å². The Kier molecular flexibility index (Phi) is 5.96. The smallest absolute Gasteiger partial charge is 0.238 e. The second kappa shape index (κ2) is 7.52. The number of carbonyl (C=O) groups is 1. The quantitative estimate of drug-likeness (QED) is 0.607. The van der Waals surface area contributed by atoms with Crippen molar-refractivity contribution < 1.29 is 19.4 Å². The molecular formula is C12H18N2O4. The first-order chi connectivity index (χ1) is 8.71. The fourth-order valence-electron chi connectivity index (χ4n) is 1.38. The number of hydrogen-bond acceptors (Lipinski definition) is 5. The lowest BCUT2D eigenvalue weighted by atomic mass is 10.2. The van der Waals surface area contributed by atoms with Crippen LogP contribution in [0.1, 0.15) is 0 Å². The fraction of sp³-hybridized carbons (Fsp3) is 0.417. The molecule has 0 bridgehead atoms. The summed E-state index contributed by atoms with van der Waals surface area (Å²) in [5.41, 5.74) is 0.578. The summed E-state index contributed by atoms with van der Waals surface area (Å²) in [6.45, 7) is 0.516. The summed E-state index contributed by atoms with van der Waals surface area (Å²) in [6, 6.07) is 5.14. The van der Waals surface area contributed by atoms with Gasteiger partial charge in [-0.25, -0.2) is 0 Å². The van der Waals surface area contributed by atoms with Crippen molar-refractivity contribution in [1.82, 2.24) is 5.32 Å². The van der Waals surface area contributed by atoms with E-state index in [1.54, 1.807) is 25.3 Å². The molecule has 0 fully saturated rings. The number of aliphatic hydroxyl groups excluding tert-OH is 1. The summed E-state index contributed by atoms with van der Waals surface area (Å²) in [5.74, 6) is 0.986. The maximum Gasteiger partial charge on any atom is 0.238 e. The molecule has 1 aromatic rings. The maximum atomic E-state index is 11.6. The maximum absolute atomic E-state index is 11.6. The van der Waals surface area contributed by atoms with Gasteiger partial charge in [0, 0.05) is 12.6 Å². The van der Waals surface area contributed by atoms with Gasteiger partial charge in [0.1, 0.15) is 11.5 Å². The SMILES string of the molecule is COc1ccc(NC(=O)CNCCO)c(OC)c1. The van der Waals surface area contributed by atoms with Gasteiger partial charge in [-0.2, -0.15) is 0 Å². The molecule has 0 aliphatic heterocycles. The van der Waals surface area contributed by atoms with Crippen LogP contribution in [0.25, 0.3) is 0 Å². The number of nitrogens with one attached hydrogen (secondary N) is 2. The van der Waals surface area contributed by atoms with Crippen LogP contribution < -0.4 is 20.1 Å². The molecule has 0 aliphatic carbocycles. The molecule has 1 rings (SSSR count). The molecule has 0 heterocycles. The summed E-state index contributed by atoms with van der Waals surface area (Å²) in [6.07, 6.45) is 0. The minimum absolute atomic E-state index is 0.000856. The van der Waals surface area contributed by atoms with Gasteiger partial charge in [-0.1, -0.05) is 0 Å². The molecule has 0 atom stereocenters. The highest BCUT2D eigenvalue weighted by atomic mass is 16.5. The highest BCUT2D eigenvalue weighted by molar-refractivity contribution is 5.93. The first-order valence-electron chi connectivity index (χ1n) is 5.54. The lowest BCUT2D eigenvalue weighted by molar-refractivity contribution is -0.115. The van der Waals surface area contributed by atoms with E-state index in [0.29, 0.717) is 23.7 Å². The van der Waals surface area contributed by atoms with E-state index in [0.717, 1.165) is 0 Å². The topological polar surface area (TPSA) is 79.8 Å². The van der Waals surface area contributed by atoms with Crippen LogP contribution >= 0.6 is 0 Å². The lowest BCUT2D eigenvalue weighted by Crippen LogP contribution is -2.30. The van der Waals surface area contributed by atoms with Crippen molar-refractivity contribution in [2.24, 2.45) is 0 Å². The predicted molar refractivity (Wildman–Crippen MR) is 68.1 cm³/mol. The van der Waals surface area contributed by atoms with Gasteiger partial charge in [0.15, 0.2) is 0 Å². The van der Waals surface area contributed by atoms with Crippen LogP contribution in [0.15, 0.2) is 18.2 Å². The molecule has 0 unspecified atom stereocenters. The Balaban J connectivity index is 2.63. The molecule has 1 amide bonds. The van der Waals surface area contributed by atoms with Gasteiger partial charge in [0.05, 0.1) is 33.1 Å². The molecule has 6 heteroatoms. The van der Waals surface area contributed by atoms with Gasteiger partial charge in [0.25, 0.3) is 0 Å². The lowest BCUT2D eigenvalue weighted by Gasteiger charge is -2.11. The molecule has 18 heavy (non-hydrogen) atoms. The van der Waals surface area contributed by atoms with E-state index in [4.69, 9.17) is 14.6 Å². The minimum Gasteiger partial charge on any atom is -0.497 e. The Hall–Kier alpha value is -1.79. The number of amides is 1. The van der Waals surface area contributed by atoms with E-state index >= 15 is 0 Å². The second-order valence-electron chi connectivity index (χ2n) is 3.51. The molecular weight excluding hydrogens is 236 g/mol. The number of carbonyl (C=O) groups excluding carboxylic acids is 1. The summed E-state index contributed by atoms with van der Waals surface area (Å²) in [5, 5.41) is 14.1. The first-order valence-corrected chi connectivity index (χ1v) is 5.54. The van der Waals surface area contributed by atoms with E-state index in [2.05, 4.69) is 10.6 Å². The zero-order valence-electron chi connectivity index (χ0n) is 10.5. The Morgan fingerprint density at radius 1 is 1.33 bits per heavy atom. The molecule has 0 spiro atoms. The Bertz CT molecular complexity index is 396. The van der Waals surface area contributed by atoms with Crippen molar-refractivity contribution in [1.29, 1.82) is 0 Å². The number of benzene rings is 1. The van der Waals surface area contributed by atoms with E-state index in [-0.39, 0.29) is 19.1 Å². The third kappa shape index (κ3) is 4.23. The van der Waals surface area contributed by atoms with Gasteiger partial charge in [-0.15, -0.1) is 0 Å². The largest absolute Gasteiger partial charge is 0.497 e. The average molecular weight is 254 g/mol. The van der Waals surface area contributed by atoms with Crippen LogP contribution in [-0.4, -0.2) is 44.9 Å². The van der Waals surface area contributed by atoms with Gasteiger partial charge in [-0.05, 0) is 12.1 Å². The molecule has 0 aliphatic rings. The minimum atomic E-state index is -0.202. The first kappa shape index (κ1) is 14.3. The van der Waals surface area contributed by atoms with Gasteiger partial charge < -0.3 is 25.2 Å². The highest BCUT2D eigenvalue weighted by Crippen LogP contribution is 2.28. The monoisotopic (exact) mass is 254 g/mol. The summed E-state index contributed by atoms with van der Waals surface area (Å²) < 4.78 is 10.2. The molecule has 6 nitrogen and oxygen atoms in total. The Morgan fingerprint density at radius 2 is 2.11 bits per heavy atom. The highest BCUT2D eigenvalue weighted by Gasteiger charge is 2.08. The van der Waals surface area contributed by atoms with Crippen LogP contribution in [0.5, 0.6) is 11.5 Å². The van der Waals surface area contributed by atoms with E-state index in [9.17, 15) is 4.79 Å². The van der Waals surface area contributed by atoms with Crippen LogP contribution in [0.2, 0.25) is 0 Å². The number of aliphatic hydroxyl groups is 1. The standard InChI is InChI=1S/C12H18N2O4/c1-17-9-3-4-10(11(7-9)18-2)14-12(16)8-13-5-6-15/h3-4,7,13,15H,5-6,8H2,1-2H3,(H,14,16). The third-order valence-corrected chi connectivity index (χ3v) is 2.26.